The van der Waals surface area contributed by atoms with Crippen LogP contribution in [-0.2, 0) is 27.5 Å². The van der Waals surface area contributed by atoms with Gasteiger partial charge in [0.2, 0.25) is 0 Å². The highest BCUT2D eigenvalue weighted by atomic mass is 16.5. The number of aliphatic hydroxyl groups excluding tert-OH is 1. The first kappa shape index (κ1) is 18.9. The van der Waals surface area contributed by atoms with Gasteiger partial charge < -0.3 is 14.7 Å². The zero-order chi connectivity index (χ0) is 18.4. The van der Waals surface area contributed by atoms with Crippen LogP contribution in [-0.4, -0.2) is 40.7 Å². The zero-order valence-corrected chi connectivity index (χ0v) is 14.4. The quantitative estimate of drug-likeness (QED) is 0.419. The van der Waals surface area contributed by atoms with Crippen LogP contribution >= 0.6 is 0 Å². The molecule has 0 bridgehead atoms. The van der Waals surface area contributed by atoms with E-state index in [-0.39, 0.29) is 31.0 Å². The van der Waals surface area contributed by atoms with Gasteiger partial charge in [0.1, 0.15) is 18.1 Å². The highest BCUT2D eigenvalue weighted by molar-refractivity contribution is 6.22. The number of rotatable bonds is 9. The molecule has 0 fully saturated rings. The Labute approximate surface area is 147 Å². The lowest BCUT2D eigenvalue weighted by atomic mass is 10.0. The van der Waals surface area contributed by atoms with Gasteiger partial charge in [-0.25, -0.2) is 0 Å². The lowest BCUT2D eigenvalue weighted by molar-refractivity contribution is -0.131. The lowest BCUT2D eigenvalue weighted by Gasteiger charge is -2.16. The van der Waals surface area contributed by atoms with Gasteiger partial charge in [-0.05, 0) is 29.7 Å². The van der Waals surface area contributed by atoms with Crippen molar-refractivity contribution in [1.82, 2.24) is 4.90 Å². The van der Waals surface area contributed by atoms with E-state index in [1.165, 1.54) is 4.90 Å². The molecule has 1 aliphatic rings. The molecule has 1 aromatic carbocycles. The molecule has 0 saturated heterocycles. The molecule has 0 unspecified atom stereocenters. The summed E-state index contributed by atoms with van der Waals surface area (Å²) in [5, 5.41) is 8.80. The maximum absolute atomic E-state index is 12.5. The maximum Gasteiger partial charge on any atom is 0.257 e. The SMILES string of the molecule is C=C(C(=O)CC(=O)CCC)C(=O)N1Cc2ccc(OCCO)cc2C1. The molecule has 1 amide bonds. The van der Waals surface area contributed by atoms with Crippen LogP contribution in [0.2, 0.25) is 0 Å². The van der Waals surface area contributed by atoms with Crippen molar-refractivity contribution in [3.63, 3.8) is 0 Å². The standard InChI is InChI=1S/C19H23NO5/c1-3-4-16(22)10-18(23)13(2)19(24)20-11-14-5-6-17(25-8-7-21)9-15(14)12-20/h5-6,9,21H,2-4,7-8,10-12H2,1H3. The third-order valence-corrected chi connectivity index (χ3v) is 4.03. The van der Waals surface area contributed by atoms with Gasteiger partial charge in [-0.15, -0.1) is 0 Å². The number of carbonyl (C=O) groups excluding carboxylic acids is 3. The van der Waals surface area contributed by atoms with E-state index in [1.807, 2.05) is 19.1 Å². The van der Waals surface area contributed by atoms with Crippen molar-refractivity contribution in [2.24, 2.45) is 0 Å². The van der Waals surface area contributed by atoms with Gasteiger partial charge in [0.05, 0.1) is 18.6 Å². The molecule has 0 saturated carbocycles. The van der Waals surface area contributed by atoms with Crippen LogP contribution in [0.1, 0.15) is 37.3 Å². The fourth-order valence-corrected chi connectivity index (χ4v) is 2.73. The molecule has 0 aliphatic carbocycles. The highest BCUT2D eigenvalue weighted by Gasteiger charge is 2.28. The molecule has 0 aromatic heterocycles. The van der Waals surface area contributed by atoms with E-state index in [4.69, 9.17) is 9.84 Å². The van der Waals surface area contributed by atoms with Crippen LogP contribution in [0.25, 0.3) is 0 Å². The Balaban J connectivity index is 1.98. The molecule has 0 atom stereocenters. The molecular weight excluding hydrogens is 322 g/mol. The maximum atomic E-state index is 12.5. The third kappa shape index (κ3) is 4.76. The molecule has 25 heavy (non-hydrogen) atoms. The largest absolute Gasteiger partial charge is 0.491 e. The molecule has 6 heteroatoms. The van der Waals surface area contributed by atoms with Crippen LogP contribution < -0.4 is 4.74 Å². The van der Waals surface area contributed by atoms with Crippen molar-refractivity contribution >= 4 is 17.5 Å². The second kappa shape index (κ2) is 8.58. The smallest absolute Gasteiger partial charge is 0.257 e. The number of ketones is 2. The van der Waals surface area contributed by atoms with Crippen LogP contribution in [0.3, 0.4) is 0 Å². The first-order chi connectivity index (χ1) is 12.0. The van der Waals surface area contributed by atoms with Crippen LogP contribution in [0.5, 0.6) is 5.75 Å². The second-order valence-electron chi connectivity index (χ2n) is 6.03. The van der Waals surface area contributed by atoms with Crippen molar-refractivity contribution in [3.8, 4) is 5.75 Å². The van der Waals surface area contributed by atoms with Gasteiger partial charge in [0.25, 0.3) is 5.91 Å². The normalized spacial score (nSPS) is 12.6. The van der Waals surface area contributed by atoms with Crippen molar-refractivity contribution in [2.45, 2.75) is 39.3 Å². The van der Waals surface area contributed by atoms with Crippen LogP contribution in [0, 0.1) is 0 Å². The summed E-state index contributed by atoms with van der Waals surface area (Å²) in [4.78, 5) is 37.7. The highest BCUT2D eigenvalue weighted by Crippen LogP contribution is 2.27. The average Bonchev–Trinajstić information content (AvgIpc) is 3.01. The van der Waals surface area contributed by atoms with E-state index in [0.717, 1.165) is 11.1 Å². The van der Waals surface area contributed by atoms with Crippen molar-refractivity contribution < 1.29 is 24.2 Å². The number of amides is 1. The number of aliphatic hydroxyl groups is 1. The van der Waals surface area contributed by atoms with Gasteiger partial charge in [-0.3, -0.25) is 14.4 Å². The fraction of sp³-hybridized carbons (Fsp3) is 0.421. The summed E-state index contributed by atoms with van der Waals surface area (Å²) in [6.07, 6.45) is 0.742. The van der Waals surface area contributed by atoms with E-state index in [1.54, 1.807) is 6.07 Å². The molecular formula is C19H23NO5. The molecule has 2 rings (SSSR count). The number of carbonyl (C=O) groups is 3. The number of hydrogen-bond acceptors (Lipinski definition) is 5. The summed E-state index contributed by atoms with van der Waals surface area (Å²) in [5.74, 6) is -0.492. The second-order valence-corrected chi connectivity index (χ2v) is 6.03. The summed E-state index contributed by atoms with van der Waals surface area (Å²) >= 11 is 0. The van der Waals surface area contributed by atoms with Crippen molar-refractivity contribution in [2.75, 3.05) is 13.2 Å². The van der Waals surface area contributed by atoms with Gasteiger partial charge in [0, 0.05) is 19.5 Å². The number of hydrogen-bond donors (Lipinski definition) is 1. The van der Waals surface area contributed by atoms with Crippen molar-refractivity contribution in [1.29, 1.82) is 0 Å². The van der Waals surface area contributed by atoms with Gasteiger partial charge >= 0.3 is 0 Å². The first-order valence-corrected chi connectivity index (χ1v) is 8.34. The van der Waals surface area contributed by atoms with E-state index in [9.17, 15) is 14.4 Å². The topological polar surface area (TPSA) is 83.9 Å². The lowest BCUT2D eigenvalue weighted by Crippen LogP contribution is -2.30. The predicted molar refractivity (Wildman–Crippen MR) is 92.0 cm³/mol. The monoisotopic (exact) mass is 345 g/mol. The first-order valence-electron chi connectivity index (χ1n) is 8.34. The summed E-state index contributed by atoms with van der Waals surface area (Å²) in [6, 6.07) is 5.48. The zero-order valence-electron chi connectivity index (χ0n) is 14.4. The fourth-order valence-electron chi connectivity index (χ4n) is 2.73. The Hall–Kier alpha value is -2.47. The minimum atomic E-state index is -0.508. The molecule has 6 nitrogen and oxygen atoms in total. The number of ether oxygens (including phenoxy) is 1. The van der Waals surface area contributed by atoms with E-state index in [0.29, 0.717) is 31.7 Å². The van der Waals surface area contributed by atoms with Crippen molar-refractivity contribution in [3.05, 3.63) is 41.5 Å². The molecule has 1 aliphatic heterocycles. The summed E-state index contributed by atoms with van der Waals surface area (Å²) in [7, 11) is 0. The predicted octanol–water partition coefficient (Wildman–Crippen LogP) is 1.78. The minimum absolute atomic E-state index is 0.0691. The number of Topliss-reactive ketones (excluding diaryl/α,β-unsaturated/α-hetero) is 2. The average molecular weight is 345 g/mol. The summed E-state index contributed by atoms with van der Waals surface area (Å²) < 4.78 is 5.37. The Kier molecular flexibility index (Phi) is 6.47. The molecule has 1 N–H and O–H groups in total. The Morgan fingerprint density at radius 1 is 1.24 bits per heavy atom. The Morgan fingerprint density at radius 3 is 2.64 bits per heavy atom. The molecule has 1 aromatic rings. The minimum Gasteiger partial charge on any atom is -0.491 e. The summed E-state index contributed by atoms with van der Waals surface area (Å²) in [6.45, 7) is 6.34. The third-order valence-electron chi connectivity index (χ3n) is 4.03. The van der Waals surface area contributed by atoms with Crippen LogP contribution in [0.15, 0.2) is 30.4 Å². The number of nitrogens with zero attached hydrogens (tertiary/aromatic N) is 1. The number of benzene rings is 1. The molecule has 134 valence electrons. The van der Waals surface area contributed by atoms with E-state index < -0.39 is 11.7 Å². The molecule has 0 spiro atoms. The van der Waals surface area contributed by atoms with Gasteiger partial charge in [-0.1, -0.05) is 19.6 Å². The summed E-state index contributed by atoms with van der Waals surface area (Å²) in [5.41, 5.74) is 1.77. The Bertz CT molecular complexity index is 695. The van der Waals surface area contributed by atoms with Gasteiger partial charge in [0.15, 0.2) is 5.78 Å². The molecule has 1 heterocycles. The Morgan fingerprint density at radius 2 is 1.96 bits per heavy atom. The van der Waals surface area contributed by atoms with E-state index in [2.05, 4.69) is 6.58 Å². The van der Waals surface area contributed by atoms with Crippen LogP contribution in [0.4, 0.5) is 0 Å². The van der Waals surface area contributed by atoms with E-state index >= 15 is 0 Å². The van der Waals surface area contributed by atoms with Gasteiger partial charge in [-0.2, -0.15) is 0 Å². The molecule has 0 radical (unpaired) electrons. The number of fused-ring (bicyclic) bond motifs is 1.